The monoisotopic (exact) mass is 283 g/mol. The highest BCUT2D eigenvalue weighted by atomic mass is 35.5. The molecule has 0 unspecified atom stereocenters. The molecule has 2 N–H and O–H groups in total. The van der Waals surface area contributed by atoms with Crippen molar-refractivity contribution in [2.75, 3.05) is 13.1 Å². The number of hydrogen-bond donors (Lipinski definition) is 2. The van der Waals surface area contributed by atoms with Gasteiger partial charge < -0.3 is 15.1 Å². The van der Waals surface area contributed by atoms with Crippen LogP contribution >= 0.6 is 11.6 Å². The fourth-order valence-electron chi connectivity index (χ4n) is 2.27. The number of nitrogens with zero attached hydrogens (tertiary/aromatic N) is 1. The van der Waals surface area contributed by atoms with Crippen LogP contribution in [0.3, 0.4) is 0 Å². The Hall–Kier alpha value is -1.26. The number of amides is 1. The summed E-state index contributed by atoms with van der Waals surface area (Å²) in [5.74, 6) is 0.0617. The van der Waals surface area contributed by atoms with Crippen LogP contribution in [0.5, 0.6) is 5.75 Å². The molecule has 0 bridgehead atoms. The summed E-state index contributed by atoms with van der Waals surface area (Å²) >= 11 is 5.82. The van der Waals surface area contributed by atoms with Crippen LogP contribution in [-0.2, 0) is 11.2 Å². The highest BCUT2D eigenvalue weighted by Gasteiger charge is 2.19. The summed E-state index contributed by atoms with van der Waals surface area (Å²) in [7, 11) is 0. The van der Waals surface area contributed by atoms with Gasteiger partial charge in [0, 0.05) is 13.1 Å². The van der Waals surface area contributed by atoms with Crippen LogP contribution in [0.15, 0.2) is 18.2 Å². The number of carbonyl (C=O) groups is 1. The molecule has 5 heteroatoms. The van der Waals surface area contributed by atoms with Crippen LogP contribution in [0.2, 0.25) is 5.02 Å². The molecule has 1 aromatic rings. The summed E-state index contributed by atoms with van der Waals surface area (Å²) in [6, 6.07) is 4.81. The predicted molar refractivity (Wildman–Crippen MR) is 73.3 cm³/mol. The van der Waals surface area contributed by atoms with E-state index in [1.54, 1.807) is 17.0 Å². The number of rotatable bonds is 2. The lowest BCUT2D eigenvalue weighted by Crippen LogP contribution is -2.33. The maximum atomic E-state index is 12.2. The third-order valence-corrected chi connectivity index (χ3v) is 3.72. The number of aliphatic hydroxyl groups is 1. The number of phenolic OH excluding ortho intramolecular Hbond substituents is 1. The molecule has 0 saturated carbocycles. The van der Waals surface area contributed by atoms with Gasteiger partial charge in [0.1, 0.15) is 5.75 Å². The molecule has 1 aliphatic heterocycles. The van der Waals surface area contributed by atoms with Gasteiger partial charge in [0.2, 0.25) is 5.91 Å². The minimum absolute atomic E-state index is 0.0239. The molecular weight excluding hydrogens is 266 g/mol. The Morgan fingerprint density at radius 1 is 1.37 bits per heavy atom. The molecule has 2 rings (SSSR count). The number of halogens is 1. The van der Waals surface area contributed by atoms with E-state index in [9.17, 15) is 15.0 Å². The van der Waals surface area contributed by atoms with E-state index in [1.165, 1.54) is 6.07 Å². The highest BCUT2D eigenvalue weighted by Crippen LogP contribution is 2.24. The predicted octanol–water partition coefficient (Wildman–Crippen LogP) is 1.96. The Balaban J connectivity index is 1.98. The van der Waals surface area contributed by atoms with E-state index >= 15 is 0 Å². The lowest BCUT2D eigenvalue weighted by atomic mass is 10.1. The van der Waals surface area contributed by atoms with Crippen molar-refractivity contribution in [2.45, 2.75) is 31.8 Å². The molecule has 1 aromatic carbocycles. The minimum Gasteiger partial charge on any atom is -0.506 e. The van der Waals surface area contributed by atoms with Gasteiger partial charge in [0.05, 0.1) is 17.5 Å². The van der Waals surface area contributed by atoms with E-state index in [0.717, 1.165) is 18.4 Å². The van der Waals surface area contributed by atoms with Crippen LogP contribution in [0.25, 0.3) is 0 Å². The SMILES string of the molecule is O=C(Cc1ccc(O)c(Cl)c1)N1CCC[C@@H](O)CC1. The fourth-order valence-corrected chi connectivity index (χ4v) is 2.48. The molecule has 1 atom stereocenters. The average Bonchev–Trinajstić information content (AvgIpc) is 2.59. The molecule has 1 fully saturated rings. The van der Waals surface area contributed by atoms with E-state index in [0.29, 0.717) is 19.5 Å². The molecule has 0 spiro atoms. The van der Waals surface area contributed by atoms with Crippen molar-refractivity contribution >= 4 is 17.5 Å². The van der Waals surface area contributed by atoms with Gasteiger partial charge in [0.15, 0.2) is 0 Å². The normalized spacial score (nSPS) is 20.1. The first-order chi connectivity index (χ1) is 9.06. The zero-order chi connectivity index (χ0) is 13.8. The second kappa shape index (κ2) is 6.26. The lowest BCUT2D eigenvalue weighted by Gasteiger charge is -2.20. The molecule has 0 radical (unpaired) electrons. The first-order valence-corrected chi connectivity index (χ1v) is 6.87. The molecule has 0 aromatic heterocycles. The third-order valence-electron chi connectivity index (χ3n) is 3.42. The number of benzene rings is 1. The number of phenols is 1. The zero-order valence-electron chi connectivity index (χ0n) is 10.7. The van der Waals surface area contributed by atoms with E-state index in [1.807, 2.05) is 0 Å². The smallest absolute Gasteiger partial charge is 0.226 e. The largest absolute Gasteiger partial charge is 0.506 e. The maximum Gasteiger partial charge on any atom is 0.226 e. The molecular formula is C14H18ClNO3. The maximum absolute atomic E-state index is 12.2. The van der Waals surface area contributed by atoms with Crippen LogP contribution < -0.4 is 0 Å². The topological polar surface area (TPSA) is 60.8 Å². The van der Waals surface area contributed by atoms with E-state index in [2.05, 4.69) is 0 Å². The third kappa shape index (κ3) is 3.85. The van der Waals surface area contributed by atoms with Crippen molar-refractivity contribution in [3.05, 3.63) is 28.8 Å². The van der Waals surface area contributed by atoms with Crippen LogP contribution in [-0.4, -0.2) is 40.2 Å². The van der Waals surface area contributed by atoms with Crippen molar-refractivity contribution in [1.82, 2.24) is 4.90 Å². The van der Waals surface area contributed by atoms with Crippen molar-refractivity contribution in [1.29, 1.82) is 0 Å². The molecule has 1 heterocycles. The summed E-state index contributed by atoms with van der Waals surface area (Å²) in [6.07, 6.45) is 2.22. The molecule has 1 aliphatic rings. The second-order valence-corrected chi connectivity index (χ2v) is 5.34. The molecule has 4 nitrogen and oxygen atoms in total. The van der Waals surface area contributed by atoms with Gasteiger partial charge in [0.25, 0.3) is 0 Å². The van der Waals surface area contributed by atoms with Gasteiger partial charge in [-0.15, -0.1) is 0 Å². The molecule has 104 valence electrons. The zero-order valence-corrected chi connectivity index (χ0v) is 11.4. The van der Waals surface area contributed by atoms with Crippen molar-refractivity contribution < 1.29 is 15.0 Å². The lowest BCUT2D eigenvalue weighted by molar-refractivity contribution is -0.130. The second-order valence-electron chi connectivity index (χ2n) is 4.93. The van der Waals surface area contributed by atoms with Gasteiger partial charge in [-0.25, -0.2) is 0 Å². The Bertz CT molecular complexity index is 464. The number of carbonyl (C=O) groups excluding carboxylic acids is 1. The quantitative estimate of drug-likeness (QED) is 0.872. The van der Waals surface area contributed by atoms with E-state index < -0.39 is 0 Å². The van der Waals surface area contributed by atoms with Gasteiger partial charge in [-0.2, -0.15) is 0 Å². The Kier molecular flexibility index (Phi) is 4.66. The molecule has 1 saturated heterocycles. The van der Waals surface area contributed by atoms with Gasteiger partial charge in [-0.3, -0.25) is 4.79 Å². The van der Waals surface area contributed by atoms with Crippen LogP contribution in [0.1, 0.15) is 24.8 Å². The summed E-state index contributed by atoms with van der Waals surface area (Å²) < 4.78 is 0. The summed E-state index contributed by atoms with van der Waals surface area (Å²) in [4.78, 5) is 14.0. The van der Waals surface area contributed by atoms with Crippen molar-refractivity contribution in [3.8, 4) is 5.75 Å². The molecule has 19 heavy (non-hydrogen) atoms. The Morgan fingerprint density at radius 3 is 2.89 bits per heavy atom. The average molecular weight is 284 g/mol. The highest BCUT2D eigenvalue weighted by molar-refractivity contribution is 6.32. The van der Waals surface area contributed by atoms with Crippen molar-refractivity contribution in [3.63, 3.8) is 0 Å². The standard InChI is InChI=1S/C14H18ClNO3/c15-12-8-10(3-4-13(12)18)9-14(19)16-6-1-2-11(17)5-7-16/h3-4,8,11,17-18H,1-2,5-7,9H2/t11-/m1/s1. The molecule has 0 aliphatic carbocycles. The number of aromatic hydroxyl groups is 1. The Labute approximate surface area is 117 Å². The van der Waals surface area contributed by atoms with Gasteiger partial charge in [-0.05, 0) is 37.0 Å². The Morgan fingerprint density at radius 2 is 2.16 bits per heavy atom. The van der Waals surface area contributed by atoms with E-state index in [-0.39, 0.29) is 29.2 Å². The first-order valence-electron chi connectivity index (χ1n) is 6.49. The summed E-state index contributed by atoms with van der Waals surface area (Å²) in [5.41, 5.74) is 0.789. The number of aliphatic hydroxyl groups excluding tert-OH is 1. The minimum atomic E-state index is -0.291. The fraction of sp³-hybridized carbons (Fsp3) is 0.500. The number of hydrogen-bond acceptors (Lipinski definition) is 3. The van der Waals surface area contributed by atoms with Gasteiger partial charge >= 0.3 is 0 Å². The number of likely N-dealkylation sites (tertiary alicyclic amines) is 1. The summed E-state index contributed by atoms with van der Waals surface area (Å²) in [6.45, 7) is 1.30. The van der Waals surface area contributed by atoms with Gasteiger partial charge in [-0.1, -0.05) is 17.7 Å². The summed E-state index contributed by atoms with van der Waals surface area (Å²) in [5, 5.41) is 19.2. The first kappa shape index (κ1) is 14.2. The van der Waals surface area contributed by atoms with E-state index in [4.69, 9.17) is 11.6 Å². The van der Waals surface area contributed by atoms with Crippen molar-refractivity contribution in [2.24, 2.45) is 0 Å². The van der Waals surface area contributed by atoms with Crippen LogP contribution in [0.4, 0.5) is 0 Å². The van der Waals surface area contributed by atoms with Crippen LogP contribution in [0, 0.1) is 0 Å². The molecule has 1 amide bonds.